The lowest BCUT2D eigenvalue weighted by Crippen LogP contribution is -2.55. The van der Waals surface area contributed by atoms with Gasteiger partial charge in [0.1, 0.15) is 0 Å². The summed E-state index contributed by atoms with van der Waals surface area (Å²) >= 11 is 0. The Labute approximate surface area is 180 Å². The maximum Gasteiger partial charge on any atom is 0.220 e. The van der Waals surface area contributed by atoms with Crippen LogP contribution in [0.2, 0.25) is 0 Å². The highest BCUT2D eigenvalue weighted by Crippen LogP contribution is 2.31. The summed E-state index contributed by atoms with van der Waals surface area (Å²) in [6.07, 6.45) is 8.46. The molecule has 0 saturated carbocycles. The van der Waals surface area contributed by atoms with E-state index in [9.17, 15) is 4.79 Å². The Morgan fingerprint density at radius 2 is 1.93 bits per heavy atom. The first-order valence-electron chi connectivity index (χ1n) is 11.4. The minimum atomic E-state index is 0.173. The molecule has 1 aromatic carbocycles. The number of hydrogen-bond donors (Lipinski definition) is 2. The van der Waals surface area contributed by atoms with Crippen LogP contribution in [-0.4, -0.2) is 48.0 Å². The molecule has 3 heterocycles. The van der Waals surface area contributed by atoms with Crippen molar-refractivity contribution in [3.05, 3.63) is 66.0 Å². The van der Waals surface area contributed by atoms with Gasteiger partial charge < -0.3 is 10.6 Å². The minimum Gasteiger partial charge on any atom is -0.356 e. The summed E-state index contributed by atoms with van der Waals surface area (Å²) in [5.41, 5.74) is 2.62. The van der Waals surface area contributed by atoms with Crippen LogP contribution >= 0.6 is 0 Å². The number of pyridine rings is 1. The number of rotatable bonds is 9. The van der Waals surface area contributed by atoms with E-state index in [4.69, 9.17) is 0 Å². The monoisotopic (exact) mass is 406 g/mol. The zero-order valence-electron chi connectivity index (χ0n) is 17.8. The van der Waals surface area contributed by atoms with Gasteiger partial charge in [-0.1, -0.05) is 30.3 Å². The quantitative estimate of drug-likeness (QED) is 0.672. The number of carbonyl (C=O) groups excluding carboxylic acids is 1. The highest BCUT2D eigenvalue weighted by molar-refractivity contribution is 5.75. The van der Waals surface area contributed by atoms with Crippen LogP contribution in [0, 0.1) is 11.8 Å². The number of nitrogens with zero attached hydrogens (tertiary/aromatic N) is 2. The van der Waals surface area contributed by atoms with Gasteiger partial charge in [0.2, 0.25) is 5.91 Å². The lowest BCUT2D eigenvalue weighted by molar-refractivity contribution is -0.121. The fourth-order valence-corrected chi connectivity index (χ4v) is 5.05. The van der Waals surface area contributed by atoms with Crippen molar-refractivity contribution in [2.24, 2.45) is 11.8 Å². The van der Waals surface area contributed by atoms with E-state index in [-0.39, 0.29) is 5.91 Å². The molecule has 2 saturated heterocycles. The summed E-state index contributed by atoms with van der Waals surface area (Å²) in [7, 11) is 0. The van der Waals surface area contributed by atoms with Crippen LogP contribution in [0.15, 0.2) is 54.9 Å². The molecule has 30 heavy (non-hydrogen) atoms. The molecule has 2 bridgehead atoms. The third kappa shape index (κ3) is 6.13. The predicted octanol–water partition coefficient (Wildman–Crippen LogP) is 3.02. The van der Waals surface area contributed by atoms with Gasteiger partial charge in [0.05, 0.1) is 0 Å². The average molecular weight is 407 g/mol. The molecule has 1 aromatic heterocycles. The molecule has 5 heteroatoms. The van der Waals surface area contributed by atoms with Gasteiger partial charge in [0, 0.05) is 51.0 Å². The molecule has 2 N–H and O–H groups in total. The third-order valence-corrected chi connectivity index (χ3v) is 6.54. The van der Waals surface area contributed by atoms with Crippen molar-refractivity contribution >= 4 is 5.91 Å². The van der Waals surface area contributed by atoms with E-state index in [2.05, 4.69) is 50.8 Å². The van der Waals surface area contributed by atoms with E-state index < -0.39 is 0 Å². The Balaban J connectivity index is 1.16. The van der Waals surface area contributed by atoms with Crippen molar-refractivity contribution in [2.45, 2.75) is 44.7 Å². The molecule has 4 rings (SSSR count). The van der Waals surface area contributed by atoms with Gasteiger partial charge in [-0.15, -0.1) is 0 Å². The molecular formula is C25H34N4O. The molecule has 0 aliphatic carbocycles. The van der Waals surface area contributed by atoms with Crippen molar-refractivity contribution in [1.29, 1.82) is 0 Å². The van der Waals surface area contributed by atoms with E-state index in [1.807, 2.05) is 12.1 Å². The number of likely N-dealkylation sites (tertiary alicyclic amines) is 1. The number of piperidine rings is 2. The summed E-state index contributed by atoms with van der Waals surface area (Å²) in [4.78, 5) is 18.8. The Kier molecular flexibility index (Phi) is 7.49. The molecule has 5 nitrogen and oxygen atoms in total. The maximum atomic E-state index is 12.2. The zero-order valence-corrected chi connectivity index (χ0v) is 17.8. The molecule has 2 aromatic rings. The summed E-state index contributed by atoms with van der Waals surface area (Å²) in [6.45, 7) is 5.24. The number of fused-ring (bicyclic) bond motifs is 2. The molecule has 0 spiro atoms. The van der Waals surface area contributed by atoms with Crippen molar-refractivity contribution in [3.8, 4) is 0 Å². The van der Waals surface area contributed by atoms with Gasteiger partial charge >= 0.3 is 0 Å². The second-order valence-corrected chi connectivity index (χ2v) is 8.90. The number of carbonyl (C=O) groups is 1. The molecule has 2 aliphatic rings. The fourth-order valence-electron chi connectivity index (χ4n) is 5.05. The van der Waals surface area contributed by atoms with E-state index in [0.29, 0.717) is 24.9 Å². The van der Waals surface area contributed by atoms with Crippen LogP contribution in [0.5, 0.6) is 0 Å². The highest BCUT2D eigenvalue weighted by Gasteiger charge is 2.35. The summed E-state index contributed by atoms with van der Waals surface area (Å²) in [5, 5.41) is 6.84. The molecule has 2 fully saturated rings. The number of aromatic nitrogens is 1. The van der Waals surface area contributed by atoms with Gasteiger partial charge in [-0.2, -0.15) is 0 Å². The molecule has 1 amide bonds. The van der Waals surface area contributed by atoms with Gasteiger partial charge in [0.25, 0.3) is 0 Å². The minimum absolute atomic E-state index is 0.173. The second-order valence-electron chi connectivity index (χ2n) is 8.90. The largest absolute Gasteiger partial charge is 0.356 e. The normalized spacial score (nSPS) is 23.8. The third-order valence-electron chi connectivity index (χ3n) is 6.54. The maximum absolute atomic E-state index is 12.2. The average Bonchev–Trinajstić information content (AvgIpc) is 2.77. The van der Waals surface area contributed by atoms with Crippen molar-refractivity contribution in [2.75, 3.05) is 26.2 Å². The standard InChI is InChI=1S/C25H34N4O/c30-25(27-14-11-20-9-12-26-13-10-20)8-4-7-24-23-15-22(16-28-24)18-29(19-23)17-21-5-2-1-3-6-21/h1-3,5-6,9-10,12-13,22-24,28H,4,7-8,11,14-19H2,(H,27,30)/t22-,23-,24+/m0/s1. The Bertz CT molecular complexity index is 782. The Morgan fingerprint density at radius 3 is 2.77 bits per heavy atom. The molecule has 2 aliphatic heterocycles. The van der Waals surface area contributed by atoms with Gasteiger partial charge in [-0.3, -0.25) is 14.7 Å². The van der Waals surface area contributed by atoms with E-state index in [0.717, 1.165) is 38.3 Å². The Morgan fingerprint density at radius 1 is 1.10 bits per heavy atom. The van der Waals surface area contributed by atoms with Crippen molar-refractivity contribution in [3.63, 3.8) is 0 Å². The predicted molar refractivity (Wildman–Crippen MR) is 120 cm³/mol. The summed E-state index contributed by atoms with van der Waals surface area (Å²) < 4.78 is 0. The summed E-state index contributed by atoms with van der Waals surface area (Å²) in [5.74, 6) is 1.64. The smallest absolute Gasteiger partial charge is 0.220 e. The van der Waals surface area contributed by atoms with Gasteiger partial charge in [-0.25, -0.2) is 0 Å². The number of amides is 1. The molecule has 160 valence electrons. The fraction of sp³-hybridized carbons (Fsp3) is 0.520. The van der Waals surface area contributed by atoms with Crippen LogP contribution in [-0.2, 0) is 17.8 Å². The highest BCUT2D eigenvalue weighted by atomic mass is 16.1. The Hall–Kier alpha value is -2.24. The van der Waals surface area contributed by atoms with E-state index in [1.54, 1.807) is 12.4 Å². The number of nitrogens with one attached hydrogen (secondary N) is 2. The van der Waals surface area contributed by atoms with Crippen molar-refractivity contribution < 1.29 is 4.79 Å². The molecular weight excluding hydrogens is 372 g/mol. The van der Waals surface area contributed by atoms with Crippen LogP contribution < -0.4 is 10.6 Å². The van der Waals surface area contributed by atoms with Crippen LogP contribution in [0.1, 0.15) is 36.8 Å². The first-order valence-corrected chi connectivity index (χ1v) is 11.4. The first-order chi connectivity index (χ1) is 14.8. The second kappa shape index (κ2) is 10.7. The van der Waals surface area contributed by atoms with E-state index in [1.165, 1.54) is 30.6 Å². The molecule has 3 atom stereocenters. The van der Waals surface area contributed by atoms with Crippen LogP contribution in [0.4, 0.5) is 0 Å². The molecule has 0 unspecified atom stereocenters. The van der Waals surface area contributed by atoms with Gasteiger partial charge in [0.15, 0.2) is 0 Å². The zero-order chi connectivity index (χ0) is 20.6. The first kappa shape index (κ1) is 21.0. The lowest BCUT2D eigenvalue weighted by atomic mass is 9.79. The van der Waals surface area contributed by atoms with Crippen LogP contribution in [0.3, 0.4) is 0 Å². The van der Waals surface area contributed by atoms with Crippen LogP contribution in [0.25, 0.3) is 0 Å². The summed E-state index contributed by atoms with van der Waals surface area (Å²) in [6, 6.07) is 15.4. The van der Waals surface area contributed by atoms with E-state index >= 15 is 0 Å². The van der Waals surface area contributed by atoms with Crippen molar-refractivity contribution in [1.82, 2.24) is 20.5 Å². The number of benzene rings is 1. The number of hydrogen-bond acceptors (Lipinski definition) is 4. The van der Waals surface area contributed by atoms with Gasteiger partial charge in [-0.05, 0) is 67.3 Å². The SMILES string of the molecule is O=C(CCC[C@H]1NC[C@@H]2C[C@H]1CN(Cc1ccccc1)C2)NCCc1ccncc1. The molecule has 0 radical (unpaired) electrons. The topological polar surface area (TPSA) is 57.3 Å². The lowest BCUT2D eigenvalue weighted by Gasteiger charge is -2.46.